The minimum Gasteiger partial charge on any atom is -0.541 e. The number of unbranched alkanes of at least 4 members (excludes halogenated alkanes) is 2. The third-order valence-corrected chi connectivity index (χ3v) is 5.74. The largest absolute Gasteiger partial charge is 0.541 e. The SMILES string of the molecule is C=C.C=C.C=C(CC(C)SC(C)C)NCCCCCC(=O)NC(C)C(C)C.C=C(N)NCCC.NC[C-]=O.[CH3-].[Y]. The molecule has 237 valence electrons. The summed E-state index contributed by atoms with van der Waals surface area (Å²) in [4.78, 5) is 20.7. The molecule has 2 atom stereocenters. The van der Waals surface area contributed by atoms with Gasteiger partial charge in [-0.3, -0.25) is 11.1 Å². The summed E-state index contributed by atoms with van der Waals surface area (Å²) in [6, 6.07) is 0.262. The number of carbonyl (C=O) groups is 1. The zero-order valence-corrected chi connectivity index (χ0v) is 31.0. The summed E-state index contributed by atoms with van der Waals surface area (Å²) in [5, 5.41) is 10.6. The summed E-state index contributed by atoms with van der Waals surface area (Å²) >= 11 is 1.99. The van der Waals surface area contributed by atoms with E-state index in [0.717, 1.165) is 50.9 Å². The molecule has 40 heavy (non-hydrogen) atoms. The van der Waals surface area contributed by atoms with E-state index in [4.69, 9.17) is 10.5 Å². The quantitative estimate of drug-likeness (QED) is 0.0710. The van der Waals surface area contributed by atoms with Gasteiger partial charge in [-0.2, -0.15) is 11.8 Å². The molecule has 0 fully saturated rings. The number of allylic oxidation sites excluding steroid dienone is 1. The first kappa shape index (κ1) is 54.9. The number of thioether (sulfide) groups is 1. The van der Waals surface area contributed by atoms with E-state index in [1.165, 1.54) is 6.29 Å². The van der Waals surface area contributed by atoms with Crippen LogP contribution >= 0.6 is 11.8 Å². The van der Waals surface area contributed by atoms with Gasteiger partial charge < -0.3 is 39.6 Å². The molecule has 0 bridgehead atoms. The van der Waals surface area contributed by atoms with Gasteiger partial charge in [-0.1, -0.05) is 61.1 Å². The second kappa shape index (κ2) is 44.9. The van der Waals surface area contributed by atoms with Gasteiger partial charge in [0.05, 0.1) is 5.82 Å². The average molecular weight is 661 g/mol. The van der Waals surface area contributed by atoms with Crippen LogP contribution in [0, 0.1) is 13.3 Å². The number of amides is 1. The summed E-state index contributed by atoms with van der Waals surface area (Å²) in [5.74, 6) is 1.23. The van der Waals surface area contributed by atoms with Gasteiger partial charge in [-0.25, -0.2) is 0 Å². The molecule has 0 aromatic heterocycles. The van der Waals surface area contributed by atoms with E-state index < -0.39 is 0 Å². The van der Waals surface area contributed by atoms with Gasteiger partial charge in [0.25, 0.3) is 0 Å². The Morgan fingerprint density at radius 1 is 0.925 bits per heavy atom. The maximum absolute atomic E-state index is 11.8. The number of nitrogens with two attached hydrogens (primary N) is 2. The molecule has 0 aromatic rings. The predicted octanol–water partition coefficient (Wildman–Crippen LogP) is 6.25. The minimum absolute atomic E-state index is 0. The van der Waals surface area contributed by atoms with Crippen molar-refractivity contribution in [3.8, 4) is 0 Å². The molecule has 0 saturated carbocycles. The van der Waals surface area contributed by atoms with Crippen LogP contribution in [0.3, 0.4) is 0 Å². The molecule has 0 rings (SSSR count). The zero-order valence-electron chi connectivity index (χ0n) is 27.4. The van der Waals surface area contributed by atoms with E-state index >= 15 is 0 Å². The molecular formula is C31H65N5O2SY-2. The third-order valence-electron chi connectivity index (χ3n) is 4.57. The number of nitrogens with one attached hydrogen (secondary N) is 3. The number of hydrogen-bond acceptors (Lipinski definition) is 7. The second-order valence-electron chi connectivity index (χ2n) is 8.94. The van der Waals surface area contributed by atoms with Crippen LogP contribution in [0.25, 0.3) is 0 Å². The molecule has 9 heteroatoms. The Labute approximate surface area is 279 Å². The van der Waals surface area contributed by atoms with Crippen LogP contribution in [0.15, 0.2) is 51.0 Å². The van der Waals surface area contributed by atoms with E-state index in [1.807, 2.05) is 11.8 Å². The molecule has 1 amide bonds. The molecule has 7 N–H and O–H groups in total. The normalized spacial score (nSPS) is 10.2. The third kappa shape index (κ3) is 57.0. The van der Waals surface area contributed by atoms with Crippen LogP contribution in [0.2, 0.25) is 0 Å². The molecule has 0 aromatic carbocycles. The Kier molecular flexibility index (Phi) is 61.7. The Morgan fingerprint density at radius 3 is 1.77 bits per heavy atom. The van der Waals surface area contributed by atoms with Crippen molar-refractivity contribution >= 4 is 24.0 Å². The van der Waals surface area contributed by atoms with E-state index in [-0.39, 0.29) is 58.6 Å². The summed E-state index contributed by atoms with van der Waals surface area (Å²) < 4.78 is 0. The van der Waals surface area contributed by atoms with E-state index in [0.29, 0.717) is 28.7 Å². The second-order valence-corrected chi connectivity index (χ2v) is 11.0. The van der Waals surface area contributed by atoms with Crippen molar-refractivity contribution in [1.29, 1.82) is 0 Å². The first-order valence-electron chi connectivity index (χ1n) is 13.5. The smallest absolute Gasteiger partial charge is 0.220 e. The van der Waals surface area contributed by atoms with Crippen molar-refractivity contribution < 1.29 is 42.3 Å². The van der Waals surface area contributed by atoms with Gasteiger partial charge in [0.2, 0.25) is 5.91 Å². The van der Waals surface area contributed by atoms with Crippen molar-refractivity contribution in [3.05, 3.63) is 58.4 Å². The van der Waals surface area contributed by atoms with Crippen LogP contribution in [0.1, 0.15) is 87.0 Å². The Hall–Kier alpha value is -1.09. The van der Waals surface area contributed by atoms with Crippen LogP contribution in [0.4, 0.5) is 0 Å². The Balaban J connectivity index is -0.000000106. The maximum Gasteiger partial charge on any atom is 0.220 e. The van der Waals surface area contributed by atoms with Crippen molar-refractivity contribution in [3.63, 3.8) is 0 Å². The van der Waals surface area contributed by atoms with Crippen molar-refractivity contribution in [2.24, 2.45) is 17.4 Å². The number of rotatable bonds is 17. The molecule has 7 nitrogen and oxygen atoms in total. The fourth-order valence-corrected chi connectivity index (χ4v) is 3.79. The van der Waals surface area contributed by atoms with Gasteiger partial charge in [0.15, 0.2) is 0 Å². The van der Waals surface area contributed by atoms with Crippen LogP contribution in [0.5, 0.6) is 0 Å². The molecule has 0 aliphatic carbocycles. The van der Waals surface area contributed by atoms with E-state index in [2.05, 4.69) is 110 Å². The van der Waals surface area contributed by atoms with Gasteiger partial charge >= 0.3 is 0 Å². The van der Waals surface area contributed by atoms with E-state index in [9.17, 15) is 4.79 Å². The predicted molar refractivity (Wildman–Crippen MR) is 180 cm³/mol. The molecule has 1 radical (unpaired) electrons. The molecule has 2 unspecified atom stereocenters. The average Bonchev–Trinajstić information content (AvgIpc) is 2.87. The minimum atomic E-state index is 0. The monoisotopic (exact) mass is 660 g/mol. The molecule has 0 saturated heterocycles. The fourth-order valence-electron chi connectivity index (χ4n) is 2.56. The van der Waals surface area contributed by atoms with Crippen molar-refractivity contribution in [1.82, 2.24) is 16.0 Å². The topological polar surface area (TPSA) is 122 Å². The van der Waals surface area contributed by atoms with Gasteiger partial charge in [0.1, 0.15) is 0 Å². The molecule has 0 aliphatic rings. The molecule has 0 heterocycles. The molecule has 0 spiro atoms. The first-order chi connectivity index (χ1) is 17.9. The van der Waals surface area contributed by atoms with Crippen molar-refractivity contribution in [2.75, 3.05) is 19.6 Å². The van der Waals surface area contributed by atoms with Crippen LogP contribution < -0.4 is 27.4 Å². The summed E-state index contributed by atoms with van der Waals surface area (Å²) in [6.45, 7) is 36.6. The van der Waals surface area contributed by atoms with Gasteiger partial charge in [-0.15, -0.1) is 32.9 Å². The maximum atomic E-state index is 11.8. The van der Waals surface area contributed by atoms with Crippen LogP contribution in [-0.4, -0.2) is 48.4 Å². The van der Waals surface area contributed by atoms with Crippen LogP contribution in [-0.2, 0) is 42.3 Å². The van der Waals surface area contributed by atoms with Crippen molar-refractivity contribution in [2.45, 2.75) is 104 Å². The van der Waals surface area contributed by atoms with E-state index in [1.54, 1.807) is 0 Å². The summed E-state index contributed by atoms with van der Waals surface area (Å²) in [7, 11) is 0. The first-order valence-corrected chi connectivity index (χ1v) is 14.4. The summed E-state index contributed by atoms with van der Waals surface area (Å²) in [6.07, 6.45) is 7.36. The van der Waals surface area contributed by atoms with Gasteiger partial charge in [-0.05, 0) is 43.8 Å². The Bertz CT molecular complexity index is 562. The van der Waals surface area contributed by atoms with Gasteiger partial charge in [0, 0.05) is 69.2 Å². The standard InChI is InChI=1S/C19H38N2OS.C5H12N2.C2H4NO.2C2H4.CH3.Y/c1-14(2)18(7)21-19(22)11-9-8-10-12-20-16(5)13-17(6)23-15(3)4;1-3-4-7-5(2)6;3-1-2-4;2*1-2;;/h14-15,17-18,20H,5,8-13H2,1-4,6-7H3,(H,21,22);7H,2-4,6H2,1H3;1,3H2;2*1-2H2;1H3;/q;;-1;;;-1;. The Morgan fingerprint density at radius 2 is 1.43 bits per heavy atom. The molecular weight excluding hydrogens is 595 g/mol. The molecule has 0 aliphatic heterocycles. The number of carbonyl (C=O) groups excluding carboxylic acids is 2. The summed E-state index contributed by atoms with van der Waals surface area (Å²) in [5.41, 5.74) is 10.9. The zero-order chi connectivity index (χ0) is 30.9. The number of hydrogen-bond donors (Lipinski definition) is 5. The fraction of sp³-hybridized carbons (Fsp3) is 0.645.